The van der Waals surface area contributed by atoms with Gasteiger partial charge < -0.3 is 10.1 Å². The van der Waals surface area contributed by atoms with Crippen LogP contribution in [0.25, 0.3) is 0 Å². The highest BCUT2D eigenvalue weighted by Crippen LogP contribution is 2.22. The molecule has 0 fully saturated rings. The Morgan fingerprint density at radius 2 is 1.85 bits per heavy atom. The maximum absolute atomic E-state index is 5.52. The summed E-state index contributed by atoms with van der Waals surface area (Å²) in [4.78, 5) is 0. The van der Waals surface area contributed by atoms with E-state index in [0.29, 0.717) is 6.04 Å². The molecule has 0 saturated heterocycles. The lowest BCUT2D eigenvalue weighted by molar-refractivity contribution is 0.340. The average Bonchev–Trinajstić information content (AvgIpc) is 2.42. The molecule has 1 atom stereocenters. The molecule has 1 aromatic rings. The van der Waals surface area contributed by atoms with Gasteiger partial charge in [0, 0.05) is 11.7 Å². The number of anilines is 1. The van der Waals surface area contributed by atoms with Crippen LogP contribution in [0.2, 0.25) is 0 Å². The smallest absolute Gasteiger partial charge is 0.119 e. The van der Waals surface area contributed by atoms with Gasteiger partial charge in [0.05, 0.1) is 6.61 Å². The van der Waals surface area contributed by atoms with Crippen molar-refractivity contribution in [2.45, 2.75) is 72.3 Å². The fraction of sp³-hybridized carbons (Fsp3) is 0.667. The van der Waals surface area contributed by atoms with Crippen molar-refractivity contribution in [3.8, 4) is 5.75 Å². The molecule has 0 amide bonds. The molecule has 114 valence electrons. The lowest BCUT2D eigenvalue weighted by Gasteiger charge is -2.17. The molecule has 0 aliphatic rings. The van der Waals surface area contributed by atoms with E-state index in [9.17, 15) is 0 Å². The van der Waals surface area contributed by atoms with E-state index in [0.717, 1.165) is 12.4 Å². The van der Waals surface area contributed by atoms with Gasteiger partial charge in [-0.05, 0) is 51.0 Å². The minimum atomic E-state index is 0.535. The summed E-state index contributed by atoms with van der Waals surface area (Å²) in [5.41, 5.74) is 2.49. The molecule has 20 heavy (non-hydrogen) atoms. The lowest BCUT2D eigenvalue weighted by Crippen LogP contribution is -2.15. The van der Waals surface area contributed by atoms with Crippen molar-refractivity contribution in [3.63, 3.8) is 0 Å². The van der Waals surface area contributed by atoms with Crippen LogP contribution in [-0.4, -0.2) is 12.6 Å². The van der Waals surface area contributed by atoms with E-state index < -0.39 is 0 Å². The molecule has 0 heterocycles. The number of hydrogen-bond donors (Lipinski definition) is 1. The molecule has 1 aromatic carbocycles. The summed E-state index contributed by atoms with van der Waals surface area (Å²) < 4.78 is 5.52. The van der Waals surface area contributed by atoms with E-state index in [1.165, 1.54) is 49.8 Å². The molecule has 0 bridgehead atoms. The summed E-state index contributed by atoms with van der Waals surface area (Å²) >= 11 is 0. The van der Waals surface area contributed by atoms with Crippen molar-refractivity contribution in [1.82, 2.24) is 0 Å². The third-order valence-corrected chi connectivity index (χ3v) is 3.65. The zero-order valence-electron chi connectivity index (χ0n) is 13.7. The topological polar surface area (TPSA) is 21.3 Å². The number of nitrogens with one attached hydrogen (secondary N) is 1. The summed E-state index contributed by atoms with van der Waals surface area (Å²) in [7, 11) is 0. The van der Waals surface area contributed by atoms with Gasteiger partial charge in [-0.2, -0.15) is 0 Å². The Bertz CT molecular complexity index is 376. The normalized spacial score (nSPS) is 12.2. The first kappa shape index (κ1) is 16.9. The van der Waals surface area contributed by atoms with Crippen LogP contribution in [-0.2, 0) is 0 Å². The number of ether oxygens (including phenoxy) is 1. The summed E-state index contributed by atoms with van der Waals surface area (Å²) in [6.45, 7) is 9.41. The van der Waals surface area contributed by atoms with Gasteiger partial charge in [0.1, 0.15) is 5.75 Å². The van der Waals surface area contributed by atoms with Crippen LogP contribution in [0.5, 0.6) is 5.75 Å². The van der Waals surface area contributed by atoms with Crippen LogP contribution >= 0.6 is 0 Å². The molecule has 0 saturated carbocycles. The van der Waals surface area contributed by atoms with E-state index in [-0.39, 0.29) is 0 Å². The van der Waals surface area contributed by atoms with E-state index in [1.54, 1.807) is 0 Å². The monoisotopic (exact) mass is 277 g/mol. The molecule has 0 spiro atoms. The predicted octanol–water partition coefficient (Wildman–Crippen LogP) is 5.55. The molecular weight excluding hydrogens is 246 g/mol. The fourth-order valence-corrected chi connectivity index (χ4v) is 2.45. The largest absolute Gasteiger partial charge is 0.494 e. The third-order valence-electron chi connectivity index (χ3n) is 3.65. The minimum absolute atomic E-state index is 0.535. The predicted molar refractivity (Wildman–Crippen MR) is 88.8 cm³/mol. The van der Waals surface area contributed by atoms with Gasteiger partial charge in [-0.15, -0.1) is 0 Å². The van der Waals surface area contributed by atoms with Crippen LogP contribution in [0.3, 0.4) is 0 Å². The summed E-state index contributed by atoms with van der Waals surface area (Å²) in [6.07, 6.45) is 8.01. The second kappa shape index (κ2) is 9.68. The quantitative estimate of drug-likeness (QED) is 0.566. The van der Waals surface area contributed by atoms with Gasteiger partial charge in [0.15, 0.2) is 0 Å². The molecule has 0 aliphatic heterocycles. The first-order chi connectivity index (χ1) is 9.67. The average molecular weight is 277 g/mol. The number of aryl methyl sites for hydroxylation is 1. The highest BCUT2D eigenvalue weighted by atomic mass is 16.5. The Balaban J connectivity index is 2.35. The Kier molecular flexibility index (Phi) is 8.17. The molecule has 2 heteroatoms. The van der Waals surface area contributed by atoms with Crippen molar-refractivity contribution in [3.05, 3.63) is 23.8 Å². The van der Waals surface area contributed by atoms with Crippen molar-refractivity contribution in [1.29, 1.82) is 0 Å². The van der Waals surface area contributed by atoms with Crippen molar-refractivity contribution >= 4 is 5.69 Å². The van der Waals surface area contributed by atoms with Gasteiger partial charge in [0.2, 0.25) is 0 Å². The SMILES string of the molecule is CCCCCCCC(C)Nc1ccc(OCC)cc1C. The molecule has 1 N–H and O–H groups in total. The van der Waals surface area contributed by atoms with Crippen molar-refractivity contribution in [2.75, 3.05) is 11.9 Å². The van der Waals surface area contributed by atoms with E-state index in [1.807, 2.05) is 13.0 Å². The fourth-order valence-electron chi connectivity index (χ4n) is 2.45. The van der Waals surface area contributed by atoms with Gasteiger partial charge >= 0.3 is 0 Å². The van der Waals surface area contributed by atoms with E-state index in [2.05, 4.69) is 38.2 Å². The number of hydrogen-bond acceptors (Lipinski definition) is 2. The van der Waals surface area contributed by atoms with Crippen molar-refractivity contribution in [2.24, 2.45) is 0 Å². The Morgan fingerprint density at radius 3 is 2.50 bits per heavy atom. The second-order valence-corrected chi connectivity index (χ2v) is 5.66. The highest BCUT2D eigenvalue weighted by molar-refractivity contribution is 5.54. The van der Waals surface area contributed by atoms with Crippen LogP contribution in [0, 0.1) is 6.92 Å². The third kappa shape index (κ3) is 6.31. The zero-order chi connectivity index (χ0) is 14.8. The Morgan fingerprint density at radius 1 is 1.10 bits per heavy atom. The standard InChI is InChI=1S/C18H31NO/c1-5-7-8-9-10-11-16(4)19-18-13-12-17(20-6-2)14-15(18)3/h12-14,16,19H,5-11H2,1-4H3. The molecule has 1 unspecified atom stereocenters. The van der Waals surface area contributed by atoms with Crippen LogP contribution in [0.4, 0.5) is 5.69 Å². The van der Waals surface area contributed by atoms with Crippen LogP contribution in [0.15, 0.2) is 18.2 Å². The molecule has 1 rings (SSSR count). The molecular formula is C18H31NO. The first-order valence-electron chi connectivity index (χ1n) is 8.17. The summed E-state index contributed by atoms with van der Waals surface area (Å²) in [5.74, 6) is 0.961. The first-order valence-corrected chi connectivity index (χ1v) is 8.17. The Labute approximate surface area is 124 Å². The van der Waals surface area contributed by atoms with Gasteiger partial charge in [-0.3, -0.25) is 0 Å². The zero-order valence-corrected chi connectivity index (χ0v) is 13.7. The van der Waals surface area contributed by atoms with Crippen LogP contribution in [0.1, 0.15) is 64.9 Å². The minimum Gasteiger partial charge on any atom is -0.494 e. The highest BCUT2D eigenvalue weighted by Gasteiger charge is 2.05. The van der Waals surface area contributed by atoms with E-state index in [4.69, 9.17) is 4.74 Å². The van der Waals surface area contributed by atoms with Gasteiger partial charge in [0.25, 0.3) is 0 Å². The molecule has 0 aromatic heterocycles. The summed E-state index contributed by atoms with van der Waals surface area (Å²) in [6, 6.07) is 6.83. The van der Waals surface area contributed by atoms with Gasteiger partial charge in [-0.1, -0.05) is 39.0 Å². The number of rotatable bonds is 10. The van der Waals surface area contributed by atoms with Crippen LogP contribution < -0.4 is 10.1 Å². The van der Waals surface area contributed by atoms with Gasteiger partial charge in [-0.25, -0.2) is 0 Å². The maximum atomic E-state index is 5.52. The van der Waals surface area contributed by atoms with E-state index >= 15 is 0 Å². The Hall–Kier alpha value is -1.18. The number of unbranched alkanes of at least 4 members (excludes halogenated alkanes) is 4. The molecule has 0 radical (unpaired) electrons. The molecule has 0 aliphatic carbocycles. The molecule has 2 nitrogen and oxygen atoms in total. The lowest BCUT2D eigenvalue weighted by atomic mass is 10.1. The second-order valence-electron chi connectivity index (χ2n) is 5.66. The van der Waals surface area contributed by atoms with Crippen molar-refractivity contribution < 1.29 is 4.74 Å². The number of benzene rings is 1. The maximum Gasteiger partial charge on any atom is 0.119 e. The summed E-state index contributed by atoms with van der Waals surface area (Å²) in [5, 5.41) is 3.61.